The molecule has 0 amide bonds. The van der Waals surface area contributed by atoms with E-state index in [0.29, 0.717) is 11.3 Å². The largest absolute Gasteiger partial charge is 0.482 e. The third-order valence-corrected chi connectivity index (χ3v) is 2.02. The number of hydrogen-bond donors (Lipinski definition) is 0. The highest BCUT2D eigenvalue weighted by molar-refractivity contribution is 5.89. The standard InChI is InChI=1S/C13H16O5/c1-9(2)18-13(15)10-4-6-11(7-5-10)17-8-12(14)16-3/h4-7,9H,8H2,1-3H3. The molecule has 0 saturated carbocycles. The first-order chi connectivity index (χ1) is 8.52. The maximum Gasteiger partial charge on any atom is 0.343 e. The van der Waals surface area contributed by atoms with E-state index in [1.165, 1.54) is 7.11 Å². The molecule has 0 spiro atoms. The molecule has 0 radical (unpaired) electrons. The summed E-state index contributed by atoms with van der Waals surface area (Å²) in [5.74, 6) is -0.357. The molecule has 18 heavy (non-hydrogen) atoms. The maximum atomic E-state index is 11.5. The number of benzene rings is 1. The number of rotatable bonds is 5. The van der Waals surface area contributed by atoms with Crippen LogP contribution < -0.4 is 4.74 Å². The molecule has 1 rings (SSSR count). The Hall–Kier alpha value is -2.04. The van der Waals surface area contributed by atoms with Crippen LogP contribution in [0.15, 0.2) is 24.3 Å². The number of carbonyl (C=O) groups is 2. The van der Waals surface area contributed by atoms with Crippen molar-refractivity contribution in [2.45, 2.75) is 20.0 Å². The van der Waals surface area contributed by atoms with Crippen LogP contribution in [0.25, 0.3) is 0 Å². The van der Waals surface area contributed by atoms with E-state index in [-0.39, 0.29) is 18.7 Å². The zero-order valence-electron chi connectivity index (χ0n) is 10.6. The van der Waals surface area contributed by atoms with Gasteiger partial charge < -0.3 is 14.2 Å². The molecule has 5 nitrogen and oxygen atoms in total. The SMILES string of the molecule is COC(=O)COc1ccc(C(=O)OC(C)C)cc1. The van der Waals surface area contributed by atoms with Crippen molar-refractivity contribution in [3.63, 3.8) is 0 Å². The third-order valence-electron chi connectivity index (χ3n) is 2.02. The summed E-state index contributed by atoms with van der Waals surface area (Å²) in [6.45, 7) is 3.41. The van der Waals surface area contributed by atoms with Crippen molar-refractivity contribution < 1.29 is 23.8 Å². The normalized spacial score (nSPS) is 10.0. The molecule has 5 heteroatoms. The van der Waals surface area contributed by atoms with E-state index in [1.54, 1.807) is 38.1 Å². The molecule has 0 fully saturated rings. The smallest absolute Gasteiger partial charge is 0.343 e. The molecule has 0 unspecified atom stereocenters. The maximum absolute atomic E-state index is 11.5. The summed E-state index contributed by atoms with van der Waals surface area (Å²) in [6.07, 6.45) is -0.159. The van der Waals surface area contributed by atoms with Gasteiger partial charge in [-0.25, -0.2) is 9.59 Å². The van der Waals surface area contributed by atoms with E-state index in [0.717, 1.165) is 0 Å². The van der Waals surface area contributed by atoms with Crippen molar-refractivity contribution in [2.24, 2.45) is 0 Å². The van der Waals surface area contributed by atoms with Gasteiger partial charge in [-0.2, -0.15) is 0 Å². The first-order valence-electron chi connectivity index (χ1n) is 5.53. The Bertz CT molecular complexity index is 408. The summed E-state index contributed by atoms with van der Waals surface area (Å²) in [4.78, 5) is 22.4. The van der Waals surface area contributed by atoms with Crippen molar-refractivity contribution in [2.75, 3.05) is 13.7 Å². The highest BCUT2D eigenvalue weighted by Gasteiger charge is 2.09. The Morgan fingerprint density at radius 2 is 1.78 bits per heavy atom. The number of carbonyl (C=O) groups excluding carboxylic acids is 2. The number of methoxy groups -OCH3 is 1. The average Bonchev–Trinajstić information content (AvgIpc) is 2.35. The summed E-state index contributed by atoms with van der Waals surface area (Å²) >= 11 is 0. The molecule has 0 bridgehead atoms. The van der Waals surface area contributed by atoms with Gasteiger partial charge in [0.2, 0.25) is 0 Å². The van der Waals surface area contributed by atoms with E-state index >= 15 is 0 Å². The second-order valence-electron chi connectivity index (χ2n) is 3.84. The molecule has 0 N–H and O–H groups in total. The topological polar surface area (TPSA) is 61.8 Å². The minimum absolute atomic E-state index is 0.159. The highest BCUT2D eigenvalue weighted by Crippen LogP contribution is 2.13. The molecule has 0 saturated heterocycles. The van der Waals surface area contributed by atoms with Gasteiger partial charge in [0.15, 0.2) is 6.61 Å². The van der Waals surface area contributed by atoms with Crippen molar-refractivity contribution in [3.8, 4) is 5.75 Å². The van der Waals surface area contributed by atoms with Crippen molar-refractivity contribution >= 4 is 11.9 Å². The monoisotopic (exact) mass is 252 g/mol. The van der Waals surface area contributed by atoms with Gasteiger partial charge in [-0.15, -0.1) is 0 Å². The lowest BCUT2D eigenvalue weighted by atomic mass is 10.2. The molecule has 0 aliphatic rings. The van der Waals surface area contributed by atoms with E-state index in [2.05, 4.69) is 4.74 Å². The number of hydrogen-bond acceptors (Lipinski definition) is 5. The van der Waals surface area contributed by atoms with Crippen LogP contribution in [-0.2, 0) is 14.3 Å². The molecule has 0 atom stereocenters. The zero-order valence-corrected chi connectivity index (χ0v) is 10.6. The van der Waals surface area contributed by atoms with Gasteiger partial charge in [-0.1, -0.05) is 0 Å². The molecule has 1 aromatic rings. The van der Waals surface area contributed by atoms with Crippen LogP contribution in [0.1, 0.15) is 24.2 Å². The number of esters is 2. The fraction of sp³-hybridized carbons (Fsp3) is 0.385. The Balaban J connectivity index is 2.57. The Morgan fingerprint density at radius 3 is 2.28 bits per heavy atom. The number of ether oxygens (including phenoxy) is 3. The van der Waals surface area contributed by atoms with Crippen LogP contribution in [0, 0.1) is 0 Å². The van der Waals surface area contributed by atoms with Crippen molar-refractivity contribution in [3.05, 3.63) is 29.8 Å². The molecule has 0 aromatic heterocycles. The van der Waals surface area contributed by atoms with Gasteiger partial charge in [-0.05, 0) is 38.1 Å². The second kappa shape index (κ2) is 6.64. The quantitative estimate of drug-likeness (QED) is 0.748. The summed E-state index contributed by atoms with van der Waals surface area (Å²) in [5.41, 5.74) is 0.439. The summed E-state index contributed by atoms with van der Waals surface area (Å²) in [6, 6.07) is 6.36. The lowest BCUT2D eigenvalue weighted by Crippen LogP contribution is -2.13. The lowest BCUT2D eigenvalue weighted by molar-refractivity contribution is -0.142. The fourth-order valence-corrected chi connectivity index (χ4v) is 1.17. The molecule has 0 aliphatic heterocycles. The van der Waals surface area contributed by atoms with Gasteiger partial charge in [0.05, 0.1) is 18.8 Å². The lowest BCUT2D eigenvalue weighted by Gasteiger charge is -2.08. The highest BCUT2D eigenvalue weighted by atomic mass is 16.6. The molecule has 0 aliphatic carbocycles. The van der Waals surface area contributed by atoms with Crippen LogP contribution in [-0.4, -0.2) is 31.8 Å². The first-order valence-corrected chi connectivity index (χ1v) is 5.53. The summed E-state index contributed by atoms with van der Waals surface area (Å²) in [5, 5.41) is 0. The zero-order chi connectivity index (χ0) is 13.5. The van der Waals surface area contributed by atoms with E-state index in [1.807, 2.05) is 0 Å². The van der Waals surface area contributed by atoms with Gasteiger partial charge in [0.1, 0.15) is 5.75 Å². The first kappa shape index (κ1) is 14.0. The molecule has 1 aromatic carbocycles. The Morgan fingerprint density at radius 1 is 1.17 bits per heavy atom. The molecular weight excluding hydrogens is 236 g/mol. The Labute approximate surface area is 106 Å². The fourth-order valence-electron chi connectivity index (χ4n) is 1.17. The molecule has 0 heterocycles. The van der Waals surface area contributed by atoms with Crippen LogP contribution in [0.5, 0.6) is 5.75 Å². The Kier molecular flexibility index (Phi) is 5.17. The van der Waals surface area contributed by atoms with E-state index in [9.17, 15) is 9.59 Å². The van der Waals surface area contributed by atoms with E-state index < -0.39 is 5.97 Å². The molecular formula is C13H16O5. The van der Waals surface area contributed by atoms with Gasteiger partial charge in [0, 0.05) is 0 Å². The predicted molar refractivity (Wildman–Crippen MR) is 64.5 cm³/mol. The minimum Gasteiger partial charge on any atom is -0.482 e. The average molecular weight is 252 g/mol. The van der Waals surface area contributed by atoms with Crippen LogP contribution in [0.4, 0.5) is 0 Å². The van der Waals surface area contributed by atoms with E-state index in [4.69, 9.17) is 9.47 Å². The van der Waals surface area contributed by atoms with Crippen molar-refractivity contribution in [1.82, 2.24) is 0 Å². The molecule has 98 valence electrons. The minimum atomic E-state index is -0.460. The van der Waals surface area contributed by atoms with Gasteiger partial charge in [0.25, 0.3) is 0 Å². The third kappa shape index (κ3) is 4.45. The van der Waals surface area contributed by atoms with Crippen LogP contribution in [0.2, 0.25) is 0 Å². The van der Waals surface area contributed by atoms with Crippen LogP contribution in [0.3, 0.4) is 0 Å². The second-order valence-corrected chi connectivity index (χ2v) is 3.84. The van der Waals surface area contributed by atoms with Crippen LogP contribution >= 0.6 is 0 Å². The predicted octanol–water partition coefficient (Wildman–Crippen LogP) is 1.80. The summed E-state index contributed by atoms with van der Waals surface area (Å²) < 4.78 is 14.6. The van der Waals surface area contributed by atoms with Gasteiger partial charge in [-0.3, -0.25) is 0 Å². The van der Waals surface area contributed by atoms with Gasteiger partial charge >= 0.3 is 11.9 Å². The van der Waals surface area contributed by atoms with Crippen molar-refractivity contribution in [1.29, 1.82) is 0 Å². The summed E-state index contributed by atoms with van der Waals surface area (Å²) in [7, 11) is 1.29.